The largest absolute Gasteiger partial charge is 0.330 e. The van der Waals surface area contributed by atoms with Crippen molar-refractivity contribution in [2.24, 2.45) is 11.7 Å². The van der Waals surface area contributed by atoms with E-state index >= 15 is 0 Å². The van der Waals surface area contributed by atoms with Crippen LogP contribution in [0.5, 0.6) is 0 Å². The molecule has 0 saturated carbocycles. The van der Waals surface area contributed by atoms with Gasteiger partial charge in [-0.3, -0.25) is 4.90 Å². The van der Waals surface area contributed by atoms with E-state index in [1.807, 2.05) is 7.05 Å². The lowest BCUT2D eigenvalue weighted by Crippen LogP contribution is -2.20. The van der Waals surface area contributed by atoms with Crippen LogP contribution in [0.4, 0.5) is 8.78 Å². The summed E-state index contributed by atoms with van der Waals surface area (Å²) in [5.41, 5.74) is 6.57. The van der Waals surface area contributed by atoms with Crippen LogP contribution in [0.15, 0.2) is 18.2 Å². The monoisotopic (exact) mass is 274 g/mol. The second kappa shape index (κ2) is 5.51. The van der Waals surface area contributed by atoms with E-state index in [1.165, 1.54) is 12.1 Å². The lowest BCUT2D eigenvalue weighted by Gasteiger charge is -2.21. The average Bonchev–Trinajstić information content (AvgIpc) is 2.70. The van der Waals surface area contributed by atoms with E-state index in [2.05, 4.69) is 4.90 Å². The van der Waals surface area contributed by atoms with Gasteiger partial charge in [0.15, 0.2) is 0 Å². The normalized spacial score (nSPS) is 25.0. The molecule has 100 valence electrons. The minimum atomic E-state index is -2.48. The van der Waals surface area contributed by atoms with E-state index in [0.717, 1.165) is 18.5 Å². The zero-order valence-corrected chi connectivity index (χ0v) is 11.0. The SMILES string of the molecule is CN1CC(CN)CC1c1ccc(C(F)F)cc1Cl. The summed E-state index contributed by atoms with van der Waals surface area (Å²) in [6.07, 6.45) is -1.55. The van der Waals surface area contributed by atoms with Gasteiger partial charge in [-0.25, -0.2) is 8.78 Å². The molecule has 1 fully saturated rings. The molecule has 2 nitrogen and oxygen atoms in total. The molecule has 0 amide bonds. The summed E-state index contributed by atoms with van der Waals surface area (Å²) in [5, 5.41) is 0.419. The summed E-state index contributed by atoms with van der Waals surface area (Å²) in [7, 11) is 2.01. The minimum absolute atomic E-state index is 0.0280. The maximum absolute atomic E-state index is 12.6. The van der Waals surface area contributed by atoms with Crippen LogP contribution in [-0.2, 0) is 0 Å². The molecule has 1 aliphatic rings. The zero-order valence-electron chi connectivity index (χ0n) is 10.2. The Balaban J connectivity index is 2.24. The number of nitrogens with zero attached hydrogens (tertiary/aromatic N) is 1. The lowest BCUT2D eigenvalue weighted by molar-refractivity contribution is 0.151. The van der Waals surface area contributed by atoms with Gasteiger partial charge in [0.25, 0.3) is 6.43 Å². The van der Waals surface area contributed by atoms with Crippen LogP contribution >= 0.6 is 11.6 Å². The highest BCUT2D eigenvalue weighted by Gasteiger charge is 2.31. The number of alkyl halides is 2. The molecule has 0 aromatic heterocycles. The van der Waals surface area contributed by atoms with Crippen molar-refractivity contribution in [3.63, 3.8) is 0 Å². The van der Waals surface area contributed by atoms with Crippen molar-refractivity contribution in [1.82, 2.24) is 4.90 Å². The van der Waals surface area contributed by atoms with Gasteiger partial charge in [0, 0.05) is 23.2 Å². The van der Waals surface area contributed by atoms with Crippen molar-refractivity contribution in [2.45, 2.75) is 18.9 Å². The first-order valence-electron chi connectivity index (χ1n) is 6.00. The van der Waals surface area contributed by atoms with Crippen molar-refractivity contribution in [1.29, 1.82) is 0 Å². The van der Waals surface area contributed by atoms with Gasteiger partial charge in [0.05, 0.1) is 0 Å². The smallest absolute Gasteiger partial charge is 0.263 e. The van der Waals surface area contributed by atoms with Gasteiger partial charge in [0.1, 0.15) is 0 Å². The van der Waals surface area contributed by atoms with Crippen molar-refractivity contribution < 1.29 is 8.78 Å². The van der Waals surface area contributed by atoms with Crippen LogP contribution in [0, 0.1) is 5.92 Å². The second-order valence-electron chi connectivity index (χ2n) is 4.87. The molecule has 0 spiro atoms. The highest BCUT2D eigenvalue weighted by Crippen LogP contribution is 2.38. The van der Waals surface area contributed by atoms with Gasteiger partial charge >= 0.3 is 0 Å². The molecule has 2 rings (SSSR count). The Morgan fingerprint density at radius 2 is 2.22 bits per heavy atom. The zero-order chi connectivity index (χ0) is 13.3. The molecule has 1 saturated heterocycles. The Bertz CT molecular complexity index is 425. The topological polar surface area (TPSA) is 29.3 Å². The Kier molecular flexibility index (Phi) is 4.20. The first kappa shape index (κ1) is 13.7. The number of halogens is 3. The Morgan fingerprint density at radius 1 is 1.50 bits per heavy atom. The maximum atomic E-state index is 12.6. The van der Waals surface area contributed by atoms with Gasteiger partial charge < -0.3 is 5.73 Å². The molecular formula is C13H17ClF2N2. The Morgan fingerprint density at radius 3 is 2.72 bits per heavy atom. The standard InChI is InChI=1S/C13H17ClF2N2/c1-18-7-8(6-17)4-12(18)10-3-2-9(13(15)16)5-11(10)14/h2-3,5,8,12-13H,4,6-7,17H2,1H3. The third-order valence-corrected chi connectivity index (χ3v) is 3.93. The van der Waals surface area contributed by atoms with Gasteiger partial charge in [-0.1, -0.05) is 23.7 Å². The fraction of sp³-hybridized carbons (Fsp3) is 0.538. The van der Waals surface area contributed by atoms with Gasteiger partial charge in [-0.05, 0) is 37.6 Å². The predicted octanol–water partition coefficient (Wildman–Crippen LogP) is 3.23. The van der Waals surface area contributed by atoms with E-state index in [9.17, 15) is 8.78 Å². The first-order chi connectivity index (χ1) is 8.52. The Labute approximate surface area is 111 Å². The molecule has 5 heteroatoms. The number of nitrogens with two attached hydrogens (primary N) is 1. The molecule has 1 aromatic carbocycles. The molecule has 2 atom stereocenters. The summed E-state index contributed by atoms with van der Waals surface area (Å²) in [5.74, 6) is 0.450. The summed E-state index contributed by atoms with van der Waals surface area (Å²) >= 11 is 6.12. The number of hydrogen-bond acceptors (Lipinski definition) is 2. The molecule has 1 aliphatic heterocycles. The fourth-order valence-electron chi connectivity index (χ4n) is 2.59. The number of rotatable bonds is 3. The summed E-state index contributed by atoms with van der Waals surface area (Å²) in [6.45, 7) is 1.57. The first-order valence-corrected chi connectivity index (χ1v) is 6.38. The van der Waals surface area contributed by atoms with E-state index in [-0.39, 0.29) is 11.6 Å². The molecule has 0 radical (unpaired) electrons. The van der Waals surface area contributed by atoms with E-state index < -0.39 is 6.43 Å². The van der Waals surface area contributed by atoms with E-state index in [1.54, 1.807) is 6.07 Å². The van der Waals surface area contributed by atoms with Gasteiger partial charge in [-0.2, -0.15) is 0 Å². The maximum Gasteiger partial charge on any atom is 0.263 e. The van der Waals surface area contributed by atoms with E-state index in [4.69, 9.17) is 17.3 Å². The van der Waals surface area contributed by atoms with Crippen molar-refractivity contribution in [3.05, 3.63) is 34.3 Å². The molecule has 0 aliphatic carbocycles. The number of benzene rings is 1. The average molecular weight is 275 g/mol. The van der Waals surface area contributed by atoms with Gasteiger partial charge in [-0.15, -0.1) is 0 Å². The third kappa shape index (κ3) is 2.66. The third-order valence-electron chi connectivity index (χ3n) is 3.60. The highest BCUT2D eigenvalue weighted by atomic mass is 35.5. The number of likely N-dealkylation sites (tertiary alicyclic amines) is 1. The molecule has 18 heavy (non-hydrogen) atoms. The molecular weight excluding hydrogens is 258 g/mol. The summed E-state index contributed by atoms with van der Waals surface area (Å²) in [6, 6.07) is 4.71. The lowest BCUT2D eigenvalue weighted by atomic mass is 9.99. The molecule has 1 heterocycles. The fourth-order valence-corrected chi connectivity index (χ4v) is 2.90. The number of hydrogen-bond donors (Lipinski definition) is 1. The second-order valence-corrected chi connectivity index (χ2v) is 5.28. The molecule has 2 N–H and O–H groups in total. The van der Waals surface area contributed by atoms with Crippen LogP contribution in [0.1, 0.15) is 30.0 Å². The summed E-state index contributed by atoms with van der Waals surface area (Å²) < 4.78 is 25.1. The van der Waals surface area contributed by atoms with Crippen LogP contribution < -0.4 is 5.73 Å². The highest BCUT2D eigenvalue weighted by molar-refractivity contribution is 6.31. The van der Waals surface area contributed by atoms with Crippen LogP contribution in [0.3, 0.4) is 0 Å². The predicted molar refractivity (Wildman–Crippen MR) is 68.9 cm³/mol. The van der Waals surface area contributed by atoms with Gasteiger partial charge in [0.2, 0.25) is 0 Å². The van der Waals surface area contributed by atoms with Crippen LogP contribution in [0.2, 0.25) is 5.02 Å². The van der Waals surface area contributed by atoms with Crippen molar-refractivity contribution >= 4 is 11.6 Å². The molecule has 2 unspecified atom stereocenters. The van der Waals surface area contributed by atoms with Crippen molar-refractivity contribution in [2.75, 3.05) is 20.1 Å². The van der Waals surface area contributed by atoms with Crippen molar-refractivity contribution in [3.8, 4) is 0 Å². The van der Waals surface area contributed by atoms with E-state index in [0.29, 0.717) is 17.5 Å². The molecule has 0 bridgehead atoms. The minimum Gasteiger partial charge on any atom is -0.330 e. The Hall–Kier alpha value is -0.710. The van der Waals surface area contributed by atoms with Crippen LogP contribution in [-0.4, -0.2) is 25.0 Å². The quantitative estimate of drug-likeness (QED) is 0.917. The van der Waals surface area contributed by atoms with Crippen LogP contribution in [0.25, 0.3) is 0 Å². The summed E-state index contributed by atoms with van der Waals surface area (Å²) in [4.78, 5) is 2.18. The molecule has 1 aromatic rings.